The molecule has 0 aromatic heterocycles. The summed E-state index contributed by atoms with van der Waals surface area (Å²) in [6.45, 7) is 0. The highest BCUT2D eigenvalue weighted by atomic mass is 15.2. The smallest absolute Gasteiger partial charge is 0.123 e. The minimum Gasteiger partial charge on any atom is -0.360 e. The maximum absolute atomic E-state index is 3.56. The molecule has 4 N–H and O–H groups in total. The zero-order valence-electron chi connectivity index (χ0n) is 13.1. The van der Waals surface area contributed by atoms with Crippen molar-refractivity contribution in [3.05, 3.63) is 83.9 Å². The van der Waals surface area contributed by atoms with Crippen molar-refractivity contribution in [2.75, 3.05) is 21.3 Å². The van der Waals surface area contributed by atoms with Gasteiger partial charge in [-0.3, -0.25) is 0 Å². The van der Waals surface area contributed by atoms with Gasteiger partial charge in [-0.05, 0) is 23.3 Å². The van der Waals surface area contributed by atoms with Crippen LogP contribution < -0.4 is 21.3 Å². The molecule has 5 rings (SSSR count). The van der Waals surface area contributed by atoms with Crippen LogP contribution in [0.4, 0.5) is 22.7 Å². The number of hydrogen-bond donors (Lipinski definition) is 4. The molecule has 3 aromatic carbocycles. The maximum atomic E-state index is 3.56. The van der Waals surface area contributed by atoms with Gasteiger partial charge < -0.3 is 21.3 Å². The van der Waals surface area contributed by atoms with Crippen LogP contribution in [0, 0.1) is 0 Å². The Kier molecular flexibility index (Phi) is 2.88. The normalized spacial score (nSPS) is 15.7. The topological polar surface area (TPSA) is 48.1 Å². The van der Waals surface area contributed by atoms with Gasteiger partial charge in [0.1, 0.15) is 12.3 Å². The standard InChI is InChI=1S/C20H18N4/c1-3-7-13(8-4-1)19-21-15-11-17-18(12-16(15)22-19)24-20(23-17)14-9-5-2-6-10-14/h1-12,19-24H. The predicted octanol–water partition coefficient (Wildman–Crippen LogP) is 4.76. The van der Waals surface area contributed by atoms with Crippen LogP contribution in [0.1, 0.15) is 23.5 Å². The van der Waals surface area contributed by atoms with E-state index in [0.717, 1.165) is 22.7 Å². The molecule has 4 nitrogen and oxygen atoms in total. The molecule has 3 aromatic rings. The van der Waals surface area contributed by atoms with Crippen molar-refractivity contribution in [2.24, 2.45) is 0 Å². The number of fused-ring (bicyclic) bond motifs is 2. The maximum Gasteiger partial charge on any atom is 0.123 e. The number of anilines is 4. The summed E-state index contributed by atoms with van der Waals surface area (Å²) in [4.78, 5) is 0. The first kappa shape index (κ1) is 13.3. The summed E-state index contributed by atoms with van der Waals surface area (Å²) in [5.74, 6) is 0. The average molecular weight is 314 g/mol. The molecular weight excluding hydrogens is 296 g/mol. The summed E-state index contributed by atoms with van der Waals surface area (Å²) in [6, 6.07) is 25.2. The van der Waals surface area contributed by atoms with E-state index in [1.54, 1.807) is 0 Å². The molecule has 0 spiro atoms. The molecule has 2 aliphatic heterocycles. The molecule has 0 saturated heterocycles. The number of hydrogen-bond acceptors (Lipinski definition) is 4. The van der Waals surface area contributed by atoms with Gasteiger partial charge in [-0.1, -0.05) is 60.7 Å². The van der Waals surface area contributed by atoms with E-state index in [9.17, 15) is 0 Å². The van der Waals surface area contributed by atoms with Crippen molar-refractivity contribution in [2.45, 2.75) is 12.3 Å². The van der Waals surface area contributed by atoms with Crippen molar-refractivity contribution >= 4 is 22.7 Å². The largest absolute Gasteiger partial charge is 0.360 e. The van der Waals surface area contributed by atoms with Gasteiger partial charge in [0, 0.05) is 0 Å². The van der Waals surface area contributed by atoms with E-state index in [1.165, 1.54) is 11.1 Å². The number of rotatable bonds is 2. The van der Waals surface area contributed by atoms with Crippen molar-refractivity contribution in [3.8, 4) is 0 Å². The quantitative estimate of drug-likeness (QED) is 0.551. The van der Waals surface area contributed by atoms with Crippen LogP contribution in [0.2, 0.25) is 0 Å². The fourth-order valence-corrected chi connectivity index (χ4v) is 3.40. The Labute approximate surface area is 140 Å². The summed E-state index contributed by atoms with van der Waals surface area (Å²) < 4.78 is 0. The molecule has 24 heavy (non-hydrogen) atoms. The Morgan fingerprint density at radius 2 is 0.792 bits per heavy atom. The molecule has 0 unspecified atom stereocenters. The molecule has 0 bridgehead atoms. The first-order chi connectivity index (χ1) is 11.9. The Morgan fingerprint density at radius 1 is 0.458 bits per heavy atom. The fourth-order valence-electron chi connectivity index (χ4n) is 3.40. The Bertz CT molecular complexity index is 771. The molecule has 2 aliphatic rings. The minimum atomic E-state index is 0.119. The van der Waals surface area contributed by atoms with E-state index >= 15 is 0 Å². The average Bonchev–Trinajstić information content (AvgIpc) is 3.24. The van der Waals surface area contributed by atoms with Gasteiger partial charge in [0.25, 0.3) is 0 Å². The van der Waals surface area contributed by atoms with Crippen molar-refractivity contribution < 1.29 is 0 Å². The highest BCUT2D eigenvalue weighted by Crippen LogP contribution is 2.44. The third-order valence-corrected chi connectivity index (χ3v) is 4.62. The van der Waals surface area contributed by atoms with E-state index in [4.69, 9.17) is 0 Å². The second-order valence-electron chi connectivity index (χ2n) is 6.21. The summed E-state index contributed by atoms with van der Waals surface area (Å²) in [5, 5.41) is 14.2. The van der Waals surface area contributed by atoms with Gasteiger partial charge in [-0.2, -0.15) is 0 Å². The summed E-state index contributed by atoms with van der Waals surface area (Å²) in [6.07, 6.45) is 0.238. The van der Waals surface area contributed by atoms with Gasteiger partial charge in [-0.15, -0.1) is 0 Å². The highest BCUT2D eigenvalue weighted by molar-refractivity contribution is 5.89. The molecular formula is C20H18N4. The Balaban J connectivity index is 1.41. The van der Waals surface area contributed by atoms with Crippen LogP contribution >= 0.6 is 0 Å². The summed E-state index contributed by atoms with van der Waals surface area (Å²) >= 11 is 0. The van der Waals surface area contributed by atoms with Crippen molar-refractivity contribution in [3.63, 3.8) is 0 Å². The van der Waals surface area contributed by atoms with Gasteiger partial charge in [0.05, 0.1) is 22.7 Å². The first-order valence-electron chi connectivity index (χ1n) is 8.21. The van der Waals surface area contributed by atoms with Crippen molar-refractivity contribution in [1.82, 2.24) is 0 Å². The second-order valence-corrected chi connectivity index (χ2v) is 6.21. The lowest BCUT2D eigenvalue weighted by Crippen LogP contribution is -2.12. The molecule has 0 radical (unpaired) electrons. The van der Waals surface area contributed by atoms with E-state index in [-0.39, 0.29) is 12.3 Å². The van der Waals surface area contributed by atoms with Gasteiger partial charge >= 0.3 is 0 Å². The Morgan fingerprint density at radius 3 is 1.12 bits per heavy atom. The van der Waals surface area contributed by atoms with Gasteiger partial charge in [0.15, 0.2) is 0 Å². The SMILES string of the molecule is c1ccc(C2Nc3cc4c(cc3N2)NC(c2ccccc2)N4)cc1. The van der Waals surface area contributed by atoms with Crippen LogP contribution in [0.5, 0.6) is 0 Å². The van der Waals surface area contributed by atoms with Crippen LogP contribution in [-0.2, 0) is 0 Å². The zero-order valence-corrected chi connectivity index (χ0v) is 13.1. The number of nitrogens with one attached hydrogen (secondary N) is 4. The molecule has 118 valence electrons. The van der Waals surface area contributed by atoms with Gasteiger partial charge in [-0.25, -0.2) is 0 Å². The lowest BCUT2D eigenvalue weighted by Gasteiger charge is -2.13. The molecule has 0 aliphatic carbocycles. The molecule has 0 atom stereocenters. The molecule has 0 amide bonds. The van der Waals surface area contributed by atoms with E-state index in [0.29, 0.717) is 0 Å². The van der Waals surface area contributed by atoms with E-state index in [2.05, 4.69) is 81.9 Å². The second kappa shape index (κ2) is 5.20. The van der Waals surface area contributed by atoms with E-state index in [1.807, 2.05) is 12.1 Å². The van der Waals surface area contributed by atoms with E-state index < -0.39 is 0 Å². The molecule has 0 saturated carbocycles. The monoisotopic (exact) mass is 314 g/mol. The number of benzene rings is 3. The Hall–Kier alpha value is -3.14. The van der Waals surface area contributed by atoms with Crippen LogP contribution in [0.25, 0.3) is 0 Å². The van der Waals surface area contributed by atoms with Crippen LogP contribution in [0.15, 0.2) is 72.8 Å². The molecule has 4 heteroatoms. The van der Waals surface area contributed by atoms with Crippen LogP contribution in [-0.4, -0.2) is 0 Å². The minimum absolute atomic E-state index is 0.119. The fraction of sp³-hybridized carbons (Fsp3) is 0.100. The predicted molar refractivity (Wildman–Crippen MR) is 99.3 cm³/mol. The summed E-state index contributed by atoms with van der Waals surface area (Å²) in [5.41, 5.74) is 6.99. The molecule has 2 heterocycles. The van der Waals surface area contributed by atoms with Gasteiger partial charge in [0.2, 0.25) is 0 Å². The van der Waals surface area contributed by atoms with Crippen molar-refractivity contribution in [1.29, 1.82) is 0 Å². The first-order valence-corrected chi connectivity index (χ1v) is 8.21. The summed E-state index contributed by atoms with van der Waals surface area (Å²) in [7, 11) is 0. The third kappa shape index (κ3) is 2.15. The lowest BCUT2D eigenvalue weighted by molar-refractivity contribution is 0.935. The lowest BCUT2D eigenvalue weighted by atomic mass is 10.2. The third-order valence-electron chi connectivity index (χ3n) is 4.62. The zero-order chi connectivity index (χ0) is 15.9. The van der Waals surface area contributed by atoms with Crippen LogP contribution in [0.3, 0.4) is 0 Å². The molecule has 0 fully saturated rings. The highest BCUT2D eigenvalue weighted by Gasteiger charge is 2.27.